The highest BCUT2D eigenvalue weighted by molar-refractivity contribution is 6.18. The molecule has 0 aliphatic heterocycles. The molecule has 0 atom stereocenters. The summed E-state index contributed by atoms with van der Waals surface area (Å²) in [5.74, 6) is 0.196. The quantitative estimate of drug-likeness (QED) is 0.511. The monoisotopic (exact) mass is 258 g/mol. The van der Waals surface area contributed by atoms with E-state index in [4.69, 9.17) is 16.3 Å². The maximum atomic E-state index is 11.2. The molecule has 17 heavy (non-hydrogen) atoms. The summed E-state index contributed by atoms with van der Waals surface area (Å²) in [5.41, 5.74) is 0.666. The number of halogens is 1. The minimum Gasteiger partial charge on any atom is -0.448 e. The minimum absolute atomic E-state index is 0.0554. The van der Waals surface area contributed by atoms with Crippen molar-refractivity contribution < 1.29 is 14.5 Å². The molecule has 6 nitrogen and oxygen atoms in total. The third-order valence-corrected chi connectivity index (χ3v) is 2.20. The van der Waals surface area contributed by atoms with Gasteiger partial charge in [-0.25, -0.2) is 4.79 Å². The Hall–Kier alpha value is -1.82. The van der Waals surface area contributed by atoms with E-state index in [1.807, 2.05) is 0 Å². The summed E-state index contributed by atoms with van der Waals surface area (Å²) >= 11 is 5.35. The summed E-state index contributed by atoms with van der Waals surface area (Å²) in [6.07, 6.45) is -0.686. The molecule has 0 aliphatic rings. The molecule has 0 aliphatic carbocycles. The molecule has 7 heteroatoms. The van der Waals surface area contributed by atoms with E-state index in [0.717, 1.165) is 0 Å². The van der Waals surface area contributed by atoms with E-state index in [9.17, 15) is 14.9 Å². The molecule has 0 bridgehead atoms. The van der Waals surface area contributed by atoms with E-state index in [2.05, 4.69) is 5.32 Å². The fourth-order valence-corrected chi connectivity index (χ4v) is 1.31. The van der Waals surface area contributed by atoms with Crippen LogP contribution in [0.25, 0.3) is 0 Å². The van der Waals surface area contributed by atoms with Crippen molar-refractivity contribution in [3.63, 3.8) is 0 Å². The average molecular weight is 259 g/mol. The van der Waals surface area contributed by atoms with Crippen molar-refractivity contribution in [2.24, 2.45) is 0 Å². The van der Waals surface area contributed by atoms with Crippen molar-refractivity contribution in [2.45, 2.75) is 6.92 Å². The van der Waals surface area contributed by atoms with E-state index in [0.29, 0.717) is 11.3 Å². The van der Waals surface area contributed by atoms with Crippen LogP contribution in [0.5, 0.6) is 0 Å². The first-order valence-electron chi connectivity index (χ1n) is 4.80. The molecule has 0 aromatic heterocycles. The summed E-state index contributed by atoms with van der Waals surface area (Å²) in [6.45, 7) is 1.64. The lowest BCUT2D eigenvalue weighted by Crippen LogP contribution is -2.15. The van der Waals surface area contributed by atoms with Crippen LogP contribution in [0.3, 0.4) is 0 Å². The van der Waals surface area contributed by atoms with Gasteiger partial charge in [0.05, 0.1) is 22.1 Å². The molecule has 92 valence electrons. The first-order chi connectivity index (χ1) is 8.06. The zero-order valence-electron chi connectivity index (χ0n) is 9.10. The molecule has 0 unspecified atom stereocenters. The van der Waals surface area contributed by atoms with Gasteiger partial charge < -0.3 is 4.74 Å². The fourth-order valence-electron chi connectivity index (χ4n) is 1.23. The standard InChI is InChI=1S/C10H11ClN2O4/c1-7-8(12-10(14)17-6-5-11)3-2-4-9(7)13(15)16/h2-4H,5-6H2,1H3,(H,12,14). The zero-order chi connectivity index (χ0) is 12.8. The highest BCUT2D eigenvalue weighted by Gasteiger charge is 2.14. The number of hydrogen-bond donors (Lipinski definition) is 1. The molecule has 1 rings (SSSR count). The number of alkyl halides is 1. The van der Waals surface area contributed by atoms with Gasteiger partial charge in [0.25, 0.3) is 5.69 Å². The number of hydrogen-bond acceptors (Lipinski definition) is 4. The number of rotatable bonds is 4. The van der Waals surface area contributed by atoms with Crippen molar-refractivity contribution in [3.05, 3.63) is 33.9 Å². The summed E-state index contributed by atoms with van der Waals surface area (Å²) in [6, 6.07) is 4.41. The maximum Gasteiger partial charge on any atom is 0.411 e. The topological polar surface area (TPSA) is 81.5 Å². The first kappa shape index (κ1) is 13.2. The molecule has 1 amide bonds. The molecule has 0 saturated carbocycles. The Kier molecular flexibility index (Phi) is 4.71. The van der Waals surface area contributed by atoms with Gasteiger partial charge in [0.15, 0.2) is 0 Å². The molecule has 0 spiro atoms. The number of nitrogens with zero attached hydrogens (tertiary/aromatic N) is 1. The Labute approximate surface area is 103 Å². The summed E-state index contributed by atoms with van der Waals surface area (Å²) in [7, 11) is 0. The second-order valence-electron chi connectivity index (χ2n) is 3.16. The van der Waals surface area contributed by atoms with Crippen LogP contribution in [0.2, 0.25) is 0 Å². The molecule has 0 fully saturated rings. The van der Waals surface area contributed by atoms with E-state index in [-0.39, 0.29) is 18.2 Å². The predicted octanol–water partition coefficient (Wildman–Crippen LogP) is 2.69. The number of nitro groups is 1. The van der Waals surface area contributed by atoms with Crippen LogP contribution in [-0.2, 0) is 4.74 Å². The number of nitro benzene ring substituents is 1. The van der Waals surface area contributed by atoms with Gasteiger partial charge in [-0.1, -0.05) is 6.07 Å². The van der Waals surface area contributed by atoms with Crippen LogP contribution in [0.4, 0.5) is 16.2 Å². The molecule has 1 N–H and O–H groups in total. The number of anilines is 1. The van der Waals surface area contributed by atoms with Crippen LogP contribution in [0.15, 0.2) is 18.2 Å². The number of nitrogens with one attached hydrogen (secondary N) is 1. The van der Waals surface area contributed by atoms with E-state index >= 15 is 0 Å². The Balaban J connectivity index is 2.81. The predicted molar refractivity (Wildman–Crippen MR) is 63.5 cm³/mol. The summed E-state index contributed by atoms with van der Waals surface area (Å²) in [4.78, 5) is 21.4. The number of amides is 1. The van der Waals surface area contributed by atoms with E-state index in [1.54, 1.807) is 13.0 Å². The summed E-state index contributed by atoms with van der Waals surface area (Å²) < 4.78 is 4.70. The molecule has 1 aromatic carbocycles. The number of carbonyl (C=O) groups is 1. The minimum atomic E-state index is -0.686. The lowest BCUT2D eigenvalue weighted by Gasteiger charge is -2.08. The van der Waals surface area contributed by atoms with Gasteiger partial charge in [-0.15, -0.1) is 11.6 Å². The second-order valence-corrected chi connectivity index (χ2v) is 3.53. The Bertz CT molecular complexity index is 436. The normalized spacial score (nSPS) is 9.76. The Morgan fingerprint density at radius 2 is 2.29 bits per heavy atom. The largest absolute Gasteiger partial charge is 0.448 e. The zero-order valence-corrected chi connectivity index (χ0v) is 9.86. The average Bonchev–Trinajstić information content (AvgIpc) is 2.28. The van der Waals surface area contributed by atoms with Crippen LogP contribution in [0, 0.1) is 17.0 Å². The van der Waals surface area contributed by atoms with Crippen LogP contribution < -0.4 is 5.32 Å². The summed E-state index contributed by atoms with van der Waals surface area (Å²) in [5, 5.41) is 13.1. The lowest BCUT2D eigenvalue weighted by atomic mass is 10.1. The Morgan fingerprint density at radius 1 is 1.59 bits per heavy atom. The maximum absolute atomic E-state index is 11.2. The fraction of sp³-hybridized carbons (Fsp3) is 0.300. The number of carbonyl (C=O) groups excluding carboxylic acids is 1. The number of ether oxygens (including phenoxy) is 1. The van der Waals surface area contributed by atoms with Crippen molar-refractivity contribution in [3.8, 4) is 0 Å². The molecule has 0 heterocycles. The van der Waals surface area contributed by atoms with Crippen molar-refractivity contribution >= 4 is 29.1 Å². The Morgan fingerprint density at radius 3 is 2.88 bits per heavy atom. The van der Waals surface area contributed by atoms with Gasteiger partial charge in [-0.2, -0.15) is 0 Å². The number of benzene rings is 1. The van der Waals surface area contributed by atoms with Gasteiger partial charge in [-0.05, 0) is 13.0 Å². The van der Waals surface area contributed by atoms with Crippen LogP contribution in [-0.4, -0.2) is 23.5 Å². The molecular formula is C10H11ClN2O4. The molecule has 0 radical (unpaired) electrons. The van der Waals surface area contributed by atoms with Crippen molar-refractivity contribution in [1.29, 1.82) is 0 Å². The lowest BCUT2D eigenvalue weighted by molar-refractivity contribution is -0.385. The van der Waals surface area contributed by atoms with Gasteiger partial charge in [0.2, 0.25) is 0 Å². The van der Waals surface area contributed by atoms with E-state index in [1.165, 1.54) is 12.1 Å². The van der Waals surface area contributed by atoms with Crippen LogP contribution in [0.1, 0.15) is 5.56 Å². The molecular weight excluding hydrogens is 248 g/mol. The van der Waals surface area contributed by atoms with Gasteiger partial charge in [0.1, 0.15) is 6.61 Å². The van der Waals surface area contributed by atoms with Gasteiger partial charge in [-0.3, -0.25) is 15.4 Å². The molecule has 0 saturated heterocycles. The van der Waals surface area contributed by atoms with Gasteiger partial charge >= 0.3 is 6.09 Å². The highest BCUT2D eigenvalue weighted by atomic mass is 35.5. The third-order valence-electron chi connectivity index (χ3n) is 2.05. The van der Waals surface area contributed by atoms with Crippen molar-refractivity contribution in [1.82, 2.24) is 0 Å². The smallest absolute Gasteiger partial charge is 0.411 e. The van der Waals surface area contributed by atoms with Crippen LogP contribution >= 0.6 is 11.6 Å². The molecule has 1 aromatic rings. The highest BCUT2D eigenvalue weighted by Crippen LogP contribution is 2.24. The van der Waals surface area contributed by atoms with E-state index < -0.39 is 11.0 Å². The third kappa shape index (κ3) is 3.60. The SMILES string of the molecule is Cc1c(NC(=O)OCCCl)cccc1[N+](=O)[O-]. The van der Waals surface area contributed by atoms with Crippen molar-refractivity contribution in [2.75, 3.05) is 17.8 Å². The first-order valence-corrected chi connectivity index (χ1v) is 5.33. The second kappa shape index (κ2) is 6.05. The van der Waals surface area contributed by atoms with Gasteiger partial charge in [0, 0.05) is 6.07 Å².